The van der Waals surface area contributed by atoms with Crippen molar-refractivity contribution in [2.45, 2.75) is 86.0 Å². The maximum absolute atomic E-state index is 8.49. The van der Waals surface area contributed by atoms with E-state index in [4.69, 9.17) is 16.1 Å². The Balaban J connectivity index is 0.00000578. The average molecular weight is 982 g/mol. The Morgan fingerprint density at radius 2 is 1.34 bits per heavy atom. The van der Waals surface area contributed by atoms with Crippen molar-refractivity contribution >= 4 is 11.0 Å². The van der Waals surface area contributed by atoms with Gasteiger partial charge in [-0.15, -0.1) is 29.3 Å². The van der Waals surface area contributed by atoms with Crippen LogP contribution in [0.15, 0.2) is 134 Å². The van der Waals surface area contributed by atoms with E-state index in [1.54, 1.807) is 0 Å². The third kappa shape index (κ3) is 8.79. The molecule has 0 aliphatic heterocycles. The number of aryl methyl sites for hydroxylation is 2. The predicted octanol–water partition coefficient (Wildman–Crippen LogP) is 15.1. The SMILES string of the molecule is [2H]C(C)(C)c1ccc(-c2ccnc(-c3[c-]c(-c4cccc5c4nc(-c4cc(C)cc(C)c4O[CH2-])n5-c4cc(-c5ccccc5)cc(C(C)(C)C)c4)cc(C(C)(C)C)c3)c2)cc1.[Pt+2]. The monoisotopic (exact) mass is 981 g/mol. The molecule has 0 bridgehead atoms. The summed E-state index contributed by atoms with van der Waals surface area (Å²) in [5.74, 6) is 0.815. The zero-order valence-corrected chi connectivity index (χ0v) is 39.2. The fraction of sp³-hybridized carbons (Fsp3) is 0.232. The van der Waals surface area contributed by atoms with Gasteiger partial charge < -0.3 is 4.74 Å². The van der Waals surface area contributed by atoms with Gasteiger partial charge in [0.1, 0.15) is 5.82 Å². The molecular formula is C56H55N3OPt. The van der Waals surface area contributed by atoms with Crippen molar-refractivity contribution < 1.29 is 27.2 Å². The number of ether oxygens (including phenoxy) is 1. The zero-order valence-electron chi connectivity index (χ0n) is 38.0. The molecule has 2 aromatic heterocycles. The van der Waals surface area contributed by atoms with E-state index in [1.165, 1.54) is 11.1 Å². The van der Waals surface area contributed by atoms with Crippen molar-refractivity contribution in [3.63, 3.8) is 0 Å². The van der Waals surface area contributed by atoms with Gasteiger partial charge in [-0.05, 0) is 105 Å². The number of benzene rings is 6. The summed E-state index contributed by atoms with van der Waals surface area (Å²) < 4.78 is 16.7. The van der Waals surface area contributed by atoms with Gasteiger partial charge in [-0.2, -0.15) is 7.11 Å². The molecule has 5 heteroatoms. The van der Waals surface area contributed by atoms with Crippen molar-refractivity contribution in [3.05, 3.63) is 175 Å². The second-order valence-corrected chi connectivity index (χ2v) is 18.4. The molecule has 0 fully saturated rings. The van der Waals surface area contributed by atoms with Crippen molar-refractivity contribution in [1.29, 1.82) is 0 Å². The van der Waals surface area contributed by atoms with Crippen LogP contribution >= 0.6 is 0 Å². The summed E-state index contributed by atoms with van der Waals surface area (Å²) >= 11 is 0. The second kappa shape index (κ2) is 17.1. The molecule has 0 spiro atoms. The fourth-order valence-corrected chi connectivity index (χ4v) is 8.08. The number of hydrogen-bond donors (Lipinski definition) is 0. The van der Waals surface area contributed by atoms with Crippen LogP contribution in [0.3, 0.4) is 0 Å². The molecule has 0 amide bonds. The molecule has 0 aliphatic carbocycles. The van der Waals surface area contributed by atoms with Crippen LogP contribution in [-0.2, 0) is 31.9 Å². The van der Waals surface area contributed by atoms with E-state index in [0.717, 1.165) is 89.4 Å². The summed E-state index contributed by atoms with van der Waals surface area (Å²) in [5, 5.41) is 0. The van der Waals surface area contributed by atoms with Crippen LogP contribution in [0.25, 0.3) is 72.7 Å². The number of nitrogens with zero attached hydrogens (tertiary/aromatic N) is 3. The topological polar surface area (TPSA) is 39.9 Å². The molecule has 310 valence electrons. The molecule has 8 aromatic rings. The first-order valence-electron chi connectivity index (χ1n) is 21.3. The summed E-state index contributed by atoms with van der Waals surface area (Å²) in [4.78, 5) is 10.5. The van der Waals surface area contributed by atoms with Crippen LogP contribution in [0.4, 0.5) is 0 Å². The van der Waals surface area contributed by atoms with Gasteiger partial charge in [0.25, 0.3) is 0 Å². The predicted molar refractivity (Wildman–Crippen MR) is 252 cm³/mol. The maximum atomic E-state index is 8.49. The molecular weight excluding hydrogens is 926 g/mol. The van der Waals surface area contributed by atoms with Gasteiger partial charge in [0.15, 0.2) is 0 Å². The average Bonchev–Trinajstić information content (AvgIpc) is 3.62. The number of fused-ring (bicyclic) bond motifs is 1. The van der Waals surface area contributed by atoms with E-state index in [0.29, 0.717) is 5.75 Å². The number of rotatable bonds is 8. The van der Waals surface area contributed by atoms with Crippen LogP contribution in [0, 0.1) is 27.0 Å². The molecule has 0 aliphatic rings. The van der Waals surface area contributed by atoms with Crippen molar-refractivity contribution in [2.75, 3.05) is 0 Å². The van der Waals surface area contributed by atoms with E-state index in [2.05, 4.69) is 182 Å². The summed E-state index contributed by atoms with van der Waals surface area (Å²) in [7, 11) is 3.91. The third-order valence-corrected chi connectivity index (χ3v) is 11.5. The molecule has 0 unspecified atom stereocenters. The van der Waals surface area contributed by atoms with E-state index in [-0.39, 0.29) is 31.9 Å². The minimum absolute atomic E-state index is 0. The van der Waals surface area contributed by atoms with Gasteiger partial charge in [0.2, 0.25) is 0 Å². The van der Waals surface area contributed by atoms with Crippen LogP contribution in [0.2, 0.25) is 0 Å². The quantitative estimate of drug-likeness (QED) is 0.142. The van der Waals surface area contributed by atoms with Crippen molar-refractivity contribution in [3.8, 4) is 67.5 Å². The van der Waals surface area contributed by atoms with Gasteiger partial charge in [0, 0.05) is 18.9 Å². The van der Waals surface area contributed by atoms with Gasteiger partial charge in [-0.3, -0.25) is 9.55 Å². The largest absolute Gasteiger partial charge is 2.00 e. The molecule has 0 radical (unpaired) electrons. The Morgan fingerprint density at radius 3 is 2.02 bits per heavy atom. The molecule has 0 saturated heterocycles. The Bertz CT molecular complexity index is 2910. The van der Waals surface area contributed by atoms with E-state index >= 15 is 0 Å². The summed E-state index contributed by atoms with van der Waals surface area (Å²) in [6, 6.07) is 49.0. The minimum atomic E-state index is -0.663. The first-order valence-corrected chi connectivity index (χ1v) is 20.8. The fourth-order valence-electron chi connectivity index (χ4n) is 8.08. The van der Waals surface area contributed by atoms with Crippen LogP contribution in [0.5, 0.6) is 5.75 Å². The number of hydrogen-bond acceptors (Lipinski definition) is 3. The standard InChI is InChI=1S/C56H55N3O.Pt/c1-35(2)38-20-22-40(23-21-38)41-24-25-57-50(33-41)44-28-43(30-45(31-44)55(5,6)7)48-18-15-19-51-52(48)58-54(49-27-36(3)26-37(4)53(49)60-11)59(51)47-32-42(39-16-13-12-14-17-39)29-46(34-47)56(8,9)10;/h12-27,29-35H,11H2,1-10H3;/q-2;+2/i35D;. The first kappa shape index (κ1) is 42.1. The molecule has 2 heterocycles. The number of para-hydroxylation sites is 1. The van der Waals surface area contributed by atoms with Gasteiger partial charge in [-0.25, -0.2) is 4.98 Å². The van der Waals surface area contributed by atoms with E-state index in [1.807, 2.05) is 38.2 Å². The second-order valence-electron chi connectivity index (χ2n) is 18.4. The van der Waals surface area contributed by atoms with Gasteiger partial charge in [-0.1, -0.05) is 151 Å². The summed E-state index contributed by atoms with van der Waals surface area (Å²) in [5.41, 5.74) is 17.1. The molecule has 0 N–H and O–H groups in total. The smallest absolute Gasteiger partial charge is 0.665 e. The van der Waals surface area contributed by atoms with Gasteiger partial charge >= 0.3 is 21.1 Å². The normalized spacial score (nSPS) is 12.3. The Hall–Kier alpha value is -5.57. The number of pyridine rings is 1. The molecule has 4 nitrogen and oxygen atoms in total. The molecule has 0 atom stereocenters. The van der Waals surface area contributed by atoms with E-state index in [9.17, 15) is 0 Å². The molecule has 6 aromatic carbocycles. The third-order valence-electron chi connectivity index (χ3n) is 11.5. The molecule has 0 saturated carbocycles. The number of aromatic nitrogens is 3. The van der Waals surface area contributed by atoms with Gasteiger partial charge in [0.05, 0.1) is 22.3 Å². The van der Waals surface area contributed by atoms with E-state index < -0.39 is 5.89 Å². The summed E-state index contributed by atoms with van der Waals surface area (Å²) in [6.07, 6.45) is 1.88. The first-order chi connectivity index (χ1) is 28.9. The summed E-state index contributed by atoms with van der Waals surface area (Å²) in [6.45, 7) is 21.5. The molecule has 8 rings (SSSR count). The minimum Gasteiger partial charge on any atom is -0.665 e. The van der Waals surface area contributed by atoms with Crippen molar-refractivity contribution in [2.24, 2.45) is 0 Å². The molecule has 61 heavy (non-hydrogen) atoms. The van der Waals surface area contributed by atoms with Crippen molar-refractivity contribution in [1.82, 2.24) is 14.5 Å². The van der Waals surface area contributed by atoms with Crippen LogP contribution in [-0.4, -0.2) is 14.5 Å². The Kier molecular flexibility index (Phi) is 11.8. The van der Waals surface area contributed by atoms with Crippen LogP contribution < -0.4 is 4.74 Å². The Morgan fingerprint density at radius 1 is 0.672 bits per heavy atom. The Labute approximate surface area is 378 Å². The zero-order chi connectivity index (χ0) is 43.4. The number of imidazole rings is 1. The maximum Gasteiger partial charge on any atom is 2.00 e. The van der Waals surface area contributed by atoms with Crippen LogP contribution in [0.1, 0.15) is 90.5 Å².